The third-order valence-corrected chi connectivity index (χ3v) is 2.02. The van der Waals surface area contributed by atoms with Crippen LogP contribution in [0.25, 0.3) is 11.0 Å². The van der Waals surface area contributed by atoms with Gasteiger partial charge in [-0.1, -0.05) is 12.2 Å². The van der Waals surface area contributed by atoms with Crippen molar-refractivity contribution in [2.45, 2.75) is 5.16 Å². The summed E-state index contributed by atoms with van der Waals surface area (Å²) >= 11 is 9.88. The highest BCUT2D eigenvalue weighted by Crippen LogP contribution is 2.08. The standard InChI is InChI=1S/C8H6N2S2/c11-5-1-3-6-7(4-2-5)10-8(12)9-6/h1-4H,(H2,9,10,12)/p-1. The van der Waals surface area contributed by atoms with Crippen molar-refractivity contribution in [3.05, 3.63) is 28.8 Å². The van der Waals surface area contributed by atoms with Crippen molar-refractivity contribution in [1.29, 1.82) is 0 Å². The number of H-pyrrole nitrogens is 1. The fourth-order valence-corrected chi connectivity index (χ4v) is 1.36. The summed E-state index contributed by atoms with van der Waals surface area (Å²) in [7, 11) is 0. The lowest BCUT2D eigenvalue weighted by atomic mass is 10.4. The van der Waals surface area contributed by atoms with E-state index in [0.29, 0.717) is 5.16 Å². The number of imidazole rings is 1. The fourth-order valence-electron chi connectivity index (χ4n) is 1.01. The molecule has 0 radical (unpaired) electrons. The molecule has 0 saturated carbocycles. The minimum absolute atomic E-state index is 0.516. The highest BCUT2D eigenvalue weighted by Gasteiger charge is 1.90. The van der Waals surface area contributed by atoms with Crippen molar-refractivity contribution in [2.24, 2.45) is 0 Å². The molecule has 0 bridgehead atoms. The van der Waals surface area contributed by atoms with E-state index in [1.807, 2.05) is 24.3 Å². The number of aromatic amines is 1. The molecule has 4 heteroatoms. The first kappa shape index (κ1) is 7.64. The molecule has 1 aromatic heterocycles. The average Bonchev–Trinajstić information content (AvgIpc) is 2.31. The third kappa shape index (κ3) is 1.31. The van der Waals surface area contributed by atoms with Crippen LogP contribution >= 0.6 is 12.2 Å². The lowest BCUT2D eigenvalue weighted by molar-refractivity contribution is 1.09. The highest BCUT2D eigenvalue weighted by molar-refractivity contribution is 7.71. The molecule has 0 unspecified atom stereocenters. The van der Waals surface area contributed by atoms with E-state index >= 15 is 0 Å². The normalized spacial score (nSPS) is 10.3. The van der Waals surface area contributed by atoms with Gasteiger partial charge in [0.05, 0.1) is 11.0 Å². The van der Waals surface area contributed by atoms with E-state index in [1.165, 1.54) is 0 Å². The van der Waals surface area contributed by atoms with Crippen molar-refractivity contribution in [2.75, 3.05) is 0 Å². The highest BCUT2D eigenvalue weighted by atomic mass is 32.1. The number of hydrogen-bond donors (Lipinski definition) is 1. The Hall–Kier alpha value is -1.00. The van der Waals surface area contributed by atoms with Crippen LogP contribution in [0.4, 0.5) is 0 Å². The molecule has 2 rings (SSSR count). The van der Waals surface area contributed by atoms with E-state index in [9.17, 15) is 0 Å². The van der Waals surface area contributed by atoms with Crippen LogP contribution in [-0.2, 0) is 12.6 Å². The Balaban J connectivity index is 2.90. The predicted octanol–water partition coefficient (Wildman–Crippen LogP) is 2.20. The van der Waals surface area contributed by atoms with Crippen LogP contribution < -0.4 is 0 Å². The first-order valence-corrected chi connectivity index (χ1v) is 4.24. The SMILES string of the molecule is S=c1ccc2nc([S-])[nH]c2cc1. The van der Waals surface area contributed by atoms with Gasteiger partial charge >= 0.3 is 0 Å². The molecular weight excluding hydrogens is 188 g/mol. The van der Waals surface area contributed by atoms with Crippen LogP contribution in [0.2, 0.25) is 0 Å². The number of hydrogen-bond acceptors (Lipinski definition) is 3. The van der Waals surface area contributed by atoms with Gasteiger partial charge in [-0.2, -0.15) is 0 Å². The van der Waals surface area contributed by atoms with E-state index in [1.54, 1.807) is 0 Å². The summed E-state index contributed by atoms with van der Waals surface area (Å²) in [5, 5.41) is 0.516. The van der Waals surface area contributed by atoms with E-state index in [2.05, 4.69) is 9.97 Å². The van der Waals surface area contributed by atoms with Crippen molar-refractivity contribution in [3.63, 3.8) is 0 Å². The number of nitrogens with zero attached hydrogens (tertiary/aromatic N) is 1. The summed E-state index contributed by atoms with van der Waals surface area (Å²) < 4.78 is 0.798. The van der Waals surface area contributed by atoms with Gasteiger partial charge in [0, 0.05) is 4.51 Å². The Labute approximate surface area is 80.1 Å². The first-order valence-electron chi connectivity index (χ1n) is 3.43. The monoisotopic (exact) mass is 193 g/mol. The molecule has 2 aromatic rings. The molecule has 0 amide bonds. The topological polar surface area (TPSA) is 28.7 Å². The number of fused-ring (bicyclic) bond motifs is 1. The maximum absolute atomic E-state index is 5.00. The fraction of sp³-hybridized carbons (Fsp3) is 0. The van der Waals surface area contributed by atoms with Crippen LogP contribution in [0.3, 0.4) is 0 Å². The zero-order valence-electron chi connectivity index (χ0n) is 6.07. The molecule has 0 saturated heterocycles. The van der Waals surface area contributed by atoms with E-state index in [-0.39, 0.29) is 0 Å². The van der Waals surface area contributed by atoms with Gasteiger partial charge in [-0.25, -0.2) is 0 Å². The van der Waals surface area contributed by atoms with Crippen molar-refractivity contribution in [3.8, 4) is 0 Å². The van der Waals surface area contributed by atoms with Crippen LogP contribution in [0.5, 0.6) is 0 Å². The zero-order valence-corrected chi connectivity index (χ0v) is 7.71. The molecule has 0 aliphatic rings. The second-order valence-corrected chi connectivity index (χ2v) is 3.27. The van der Waals surface area contributed by atoms with Crippen LogP contribution in [-0.4, -0.2) is 9.97 Å². The molecule has 60 valence electrons. The molecule has 0 aliphatic heterocycles. The van der Waals surface area contributed by atoms with Gasteiger partial charge in [0.2, 0.25) is 0 Å². The Morgan fingerprint density at radius 2 is 2.00 bits per heavy atom. The lowest BCUT2D eigenvalue weighted by Crippen LogP contribution is -1.68. The van der Waals surface area contributed by atoms with Crippen LogP contribution in [0.15, 0.2) is 29.4 Å². The Morgan fingerprint density at radius 1 is 1.25 bits per heavy atom. The maximum Gasteiger partial charge on any atom is 0.0863 e. The molecule has 0 atom stereocenters. The molecule has 1 aromatic carbocycles. The quantitative estimate of drug-likeness (QED) is 0.513. The van der Waals surface area contributed by atoms with Gasteiger partial charge in [-0.3, -0.25) is 4.98 Å². The van der Waals surface area contributed by atoms with E-state index in [0.717, 1.165) is 15.5 Å². The Bertz CT molecular complexity index is 436. The summed E-state index contributed by atoms with van der Waals surface area (Å²) in [5.74, 6) is 0. The minimum Gasteiger partial charge on any atom is -0.742 e. The summed E-state index contributed by atoms with van der Waals surface area (Å²) in [6, 6.07) is 7.45. The molecular formula is C8H5N2S2-. The second kappa shape index (κ2) is 2.80. The van der Waals surface area contributed by atoms with Gasteiger partial charge < -0.3 is 17.6 Å². The van der Waals surface area contributed by atoms with Crippen LogP contribution in [0.1, 0.15) is 0 Å². The lowest BCUT2D eigenvalue weighted by Gasteiger charge is -1.90. The molecule has 1 heterocycles. The summed E-state index contributed by atoms with van der Waals surface area (Å²) in [4.78, 5) is 7.07. The van der Waals surface area contributed by atoms with Gasteiger partial charge in [0.25, 0.3) is 0 Å². The largest absolute Gasteiger partial charge is 0.742 e. The van der Waals surface area contributed by atoms with E-state index in [4.69, 9.17) is 24.8 Å². The summed E-state index contributed by atoms with van der Waals surface area (Å²) in [6.45, 7) is 0. The van der Waals surface area contributed by atoms with Crippen molar-refractivity contribution in [1.82, 2.24) is 9.97 Å². The molecule has 0 fully saturated rings. The van der Waals surface area contributed by atoms with Crippen molar-refractivity contribution >= 4 is 35.9 Å². The predicted molar refractivity (Wildman–Crippen MR) is 52.6 cm³/mol. The van der Waals surface area contributed by atoms with Gasteiger partial charge in [0.15, 0.2) is 0 Å². The summed E-state index contributed by atoms with van der Waals surface area (Å²) in [6.07, 6.45) is 0. The number of nitrogens with one attached hydrogen (secondary N) is 1. The van der Waals surface area contributed by atoms with E-state index < -0.39 is 0 Å². The van der Waals surface area contributed by atoms with Gasteiger partial charge in [-0.15, -0.1) is 0 Å². The Kier molecular flexibility index (Phi) is 1.78. The molecule has 0 spiro atoms. The third-order valence-electron chi connectivity index (χ3n) is 1.56. The smallest absolute Gasteiger partial charge is 0.0863 e. The molecule has 1 N–H and O–H groups in total. The van der Waals surface area contributed by atoms with Crippen molar-refractivity contribution < 1.29 is 0 Å². The molecule has 0 aliphatic carbocycles. The molecule has 2 nitrogen and oxygen atoms in total. The number of rotatable bonds is 0. The average molecular weight is 193 g/mol. The molecule has 12 heavy (non-hydrogen) atoms. The Morgan fingerprint density at radius 3 is 2.83 bits per heavy atom. The second-order valence-electron chi connectivity index (χ2n) is 2.41. The first-order chi connectivity index (χ1) is 5.75. The van der Waals surface area contributed by atoms with Crippen LogP contribution in [0, 0.1) is 4.51 Å². The van der Waals surface area contributed by atoms with Gasteiger partial charge in [-0.05, 0) is 29.4 Å². The zero-order chi connectivity index (χ0) is 8.55. The maximum atomic E-state index is 5.00. The number of aromatic nitrogens is 2. The van der Waals surface area contributed by atoms with Gasteiger partial charge in [0.1, 0.15) is 0 Å². The summed E-state index contributed by atoms with van der Waals surface area (Å²) in [5.41, 5.74) is 1.78. The minimum atomic E-state index is 0.516.